The quantitative estimate of drug-likeness (QED) is 0.775. The Labute approximate surface area is 170 Å². The molecule has 6 nitrogen and oxygen atoms in total. The first-order valence-electron chi connectivity index (χ1n) is 9.61. The first-order valence-corrected chi connectivity index (χ1v) is 11.1. The highest BCUT2D eigenvalue weighted by Crippen LogP contribution is 2.26. The molecule has 1 fully saturated rings. The van der Waals surface area contributed by atoms with Crippen LogP contribution in [-0.4, -0.2) is 38.3 Å². The second-order valence-electron chi connectivity index (χ2n) is 7.06. The summed E-state index contributed by atoms with van der Waals surface area (Å²) in [5, 5.41) is 2.63. The van der Waals surface area contributed by atoms with Crippen LogP contribution in [0.1, 0.15) is 25.3 Å². The van der Waals surface area contributed by atoms with E-state index >= 15 is 0 Å². The Morgan fingerprint density at radius 2 is 1.83 bits per heavy atom. The summed E-state index contributed by atoms with van der Waals surface area (Å²) in [5.41, 5.74) is 0.998. The molecule has 0 unspecified atom stereocenters. The lowest BCUT2D eigenvalue weighted by atomic mass is 9.97. The molecule has 0 radical (unpaired) electrons. The third-order valence-corrected chi connectivity index (χ3v) is 6.89. The minimum absolute atomic E-state index is 0.152. The van der Waals surface area contributed by atoms with Crippen LogP contribution >= 0.6 is 0 Å². The summed E-state index contributed by atoms with van der Waals surface area (Å²) in [6.07, 6.45) is 0.769. The van der Waals surface area contributed by atoms with Gasteiger partial charge in [-0.2, -0.15) is 4.31 Å². The van der Waals surface area contributed by atoms with Crippen molar-refractivity contribution in [2.24, 2.45) is 5.92 Å². The Hall–Kier alpha value is -2.45. The first kappa shape index (κ1) is 21.3. The van der Waals surface area contributed by atoms with Gasteiger partial charge in [0, 0.05) is 19.0 Å². The zero-order valence-electron chi connectivity index (χ0n) is 16.5. The number of hydrogen-bond donors (Lipinski definition) is 1. The van der Waals surface area contributed by atoms with E-state index in [1.807, 2.05) is 13.8 Å². The van der Waals surface area contributed by atoms with Crippen LogP contribution in [0.5, 0.6) is 5.75 Å². The van der Waals surface area contributed by atoms with Gasteiger partial charge in [-0.15, -0.1) is 0 Å². The number of rotatable bonds is 6. The SMILES string of the molecule is CCOc1ccc(S(=O)(=O)N2CCC(C(=O)Nc3cc(C)ccc3F)CC2)cc1. The Balaban J connectivity index is 1.61. The normalized spacial score (nSPS) is 15.8. The number of carbonyl (C=O) groups excluding carboxylic acids is 1. The smallest absolute Gasteiger partial charge is 0.243 e. The molecule has 0 saturated carbocycles. The van der Waals surface area contributed by atoms with Crippen molar-refractivity contribution >= 4 is 21.6 Å². The number of halogens is 1. The zero-order valence-corrected chi connectivity index (χ0v) is 17.3. The van der Waals surface area contributed by atoms with E-state index in [0.29, 0.717) is 25.2 Å². The molecule has 1 aliphatic heterocycles. The molecule has 8 heteroatoms. The van der Waals surface area contributed by atoms with Crippen molar-refractivity contribution in [3.05, 3.63) is 53.8 Å². The van der Waals surface area contributed by atoms with Crippen molar-refractivity contribution < 1.29 is 22.3 Å². The molecule has 0 atom stereocenters. The van der Waals surface area contributed by atoms with E-state index in [2.05, 4.69) is 5.32 Å². The van der Waals surface area contributed by atoms with Crippen molar-refractivity contribution in [3.63, 3.8) is 0 Å². The molecule has 0 aliphatic carbocycles. The van der Waals surface area contributed by atoms with E-state index in [1.54, 1.807) is 24.3 Å². The molecule has 2 aromatic rings. The summed E-state index contributed by atoms with van der Waals surface area (Å²) < 4.78 is 46.3. The summed E-state index contributed by atoms with van der Waals surface area (Å²) in [4.78, 5) is 12.7. The third kappa shape index (κ3) is 4.94. The molecular formula is C21H25FN2O4S. The fraction of sp³-hybridized carbons (Fsp3) is 0.381. The predicted octanol–water partition coefficient (Wildman–Crippen LogP) is 3.57. The number of ether oxygens (including phenoxy) is 1. The lowest BCUT2D eigenvalue weighted by Crippen LogP contribution is -2.41. The highest BCUT2D eigenvalue weighted by atomic mass is 32.2. The number of benzene rings is 2. The van der Waals surface area contributed by atoms with Gasteiger partial charge in [-0.05, 0) is 68.7 Å². The number of anilines is 1. The number of piperidine rings is 1. The van der Waals surface area contributed by atoms with Crippen molar-refractivity contribution in [1.29, 1.82) is 0 Å². The van der Waals surface area contributed by atoms with Gasteiger partial charge in [-0.25, -0.2) is 12.8 Å². The molecular weight excluding hydrogens is 395 g/mol. The van der Waals surface area contributed by atoms with E-state index in [0.717, 1.165) is 5.56 Å². The molecule has 1 aliphatic rings. The monoisotopic (exact) mass is 420 g/mol. The van der Waals surface area contributed by atoms with Gasteiger partial charge in [0.2, 0.25) is 15.9 Å². The van der Waals surface area contributed by atoms with E-state index in [1.165, 1.54) is 22.5 Å². The summed E-state index contributed by atoms with van der Waals surface area (Å²) in [7, 11) is -3.63. The van der Waals surface area contributed by atoms with E-state index in [4.69, 9.17) is 4.74 Å². The highest BCUT2D eigenvalue weighted by Gasteiger charge is 2.32. The van der Waals surface area contributed by atoms with Crippen LogP contribution < -0.4 is 10.1 Å². The fourth-order valence-electron chi connectivity index (χ4n) is 3.35. The molecule has 156 valence electrons. The Bertz CT molecular complexity index is 969. The number of amides is 1. The largest absolute Gasteiger partial charge is 0.494 e. The van der Waals surface area contributed by atoms with Crippen molar-refractivity contribution in [1.82, 2.24) is 4.31 Å². The van der Waals surface area contributed by atoms with Gasteiger partial charge in [-0.3, -0.25) is 4.79 Å². The number of nitrogens with zero attached hydrogens (tertiary/aromatic N) is 1. The highest BCUT2D eigenvalue weighted by molar-refractivity contribution is 7.89. The number of carbonyl (C=O) groups is 1. The Morgan fingerprint density at radius 1 is 1.17 bits per heavy atom. The topological polar surface area (TPSA) is 75.7 Å². The van der Waals surface area contributed by atoms with Gasteiger partial charge in [-0.1, -0.05) is 6.07 Å². The number of hydrogen-bond acceptors (Lipinski definition) is 4. The molecule has 0 aromatic heterocycles. The summed E-state index contributed by atoms with van der Waals surface area (Å²) >= 11 is 0. The standard InChI is InChI=1S/C21H25FN2O4S/c1-3-28-17-5-7-18(8-6-17)29(26,27)24-12-10-16(11-13-24)21(25)23-20-14-15(2)4-9-19(20)22/h4-9,14,16H,3,10-13H2,1-2H3,(H,23,25). The van der Waals surface area contributed by atoms with Crippen LogP contribution in [0.25, 0.3) is 0 Å². The van der Waals surface area contributed by atoms with Crippen LogP contribution in [0.3, 0.4) is 0 Å². The van der Waals surface area contributed by atoms with E-state index in [-0.39, 0.29) is 35.5 Å². The first-order chi connectivity index (χ1) is 13.8. The van der Waals surface area contributed by atoms with Crippen LogP contribution in [0.15, 0.2) is 47.4 Å². The second kappa shape index (κ2) is 8.92. The van der Waals surface area contributed by atoms with Crippen molar-refractivity contribution in [3.8, 4) is 5.75 Å². The molecule has 2 aromatic carbocycles. The molecule has 0 bridgehead atoms. The summed E-state index contributed by atoms with van der Waals surface area (Å²) in [5.74, 6) is -0.515. The lowest BCUT2D eigenvalue weighted by Gasteiger charge is -2.30. The summed E-state index contributed by atoms with van der Waals surface area (Å²) in [6, 6.07) is 10.9. The van der Waals surface area contributed by atoms with E-state index < -0.39 is 15.8 Å². The maximum atomic E-state index is 13.9. The molecule has 1 heterocycles. The van der Waals surface area contributed by atoms with Crippen molar-refractivity contribution in [2.45, 2.75) is 31.6 Å². The maximum Gasteiger partial charge on any atom is 0.243 e. The molecule has 3 rings (SSSR count). The number of sulfonamides is 1. The minimum atomic E-state index is -3.63. The Kier molecular flexibility index (Phi) is 6.54. The molecule has 29 heavy (non-hydrogen) atoms. The predicted molar refractivity (Wildman–Crippen MR) is 109 cm³/mol. The van der Waals surface area contributed by atoms with Gasteiger partial charge < -0.3 is 10.1 Å². The Morgan fingerprint density at radius 3 is 2.45 bits per heavy atom. The number of aryl methyl sites for hydroxylation is 1. The average molecular weight is 421 g/mol. The fourth-order valence-corrected chi connectivity index (χ4v) is 4.82. The van der Waals surface area contributed by atoms with Gasteiger partial charge in [0.05, 0.1) is 17.2 Å². The third-order valence-electron chi connectivity index (χ3n) is 4.98. The lowest BCUT2D eigenvalue weighted by molar-refractivity contribution is -0.120. The van der Waals surface area contributed by atoms with Gasteiger partial charge in [0.1, 0.15) is 11.6 Å². The molecule has 1 amide bonds. The van der Waals surface area contributed by atoms with Gasteiger partial charge in [0.15, 0.2) is 0 Å². The van der Waals surface area contributed by atoms with Crippen LogP contribution in [-0.2, 0) is 14.8 Å². The zero-order chi connectivity index (χ0) is 21.0. The van der Waals surface area contributed by atoms with Gasteiger partial charge in [0.25, 0.3) is 0 Å². The minimum Gasteiger partial charge on any atom is -0.494 e. The average Bonchev–Trinajstić information content (AvgIpc) is 2.71. The van der Waals surface area contributed by atoms with Crippen LogP contribution in [0.2, 0.25) is 0 Å². The maximum absolute atomic E-state index is 13.9. The number of nitrogens with one attached hydrogen (secondary N) is 1. The van der Waals surface area contributed by atoms with Crippen molar-refractivity contribution in [2.75, 3.05) is 25.0 Å². The molecule has 0 spiro atoms. The summed E-state index contributed by atoms with van der Waals surface area (Å²) in [6.45, 7) is 4.67. The van der Waals surface area contributed by atoms with Gasteiger partial charge >= 0.3 is 0 Å². The second-order valence-corrected chi connectivity index (χ2v) is 8.99. The van der Waals surface area contributed by atoms with E-state index in [9.17, 15) is 17.6 Å². The van der Waals surface area contributed by atoms with Crippen LogP contribution in [0.4, 0.5) is 10.1 Å². The molecule has 1 saturated heterocycles. The van der Waals surface area contributed by atoms with Crippen LogP contribution in [0, 0.1) is 18.7 Å². The molecule has 1 N–H and O–H groups in total.